The third-order valence-electron chi connectivity index (χ3n) is 6.28. The molecule has 1 aromatic rings. The lowest BCUT2D eigenvalue weighted by Gasteiger charge is -2.39. The Kier molecular flexibility index (Phi) is 9.14. The summed E-state index contributed by atoms with van der Waals surface area (Å²) in [5.41, 5.74) is 0. The summed E-state index contributed by atoms with van der Waals surface area (Å²) in [6, 6.07) is 2.34. The molecule has 2 aliphatic rings. The highest BCUT2D eigenvalue weighted by molar-refractivity contribution is 5.80. The van der Waals surface area contributed by atoms with E-state index in [4.69, 9.17) is 9.73 Å². The minimum absolute atomic E-state index is 0.483. The Bertz CT molecular complexity index is 624. The molecule has 1 unspecified atom stereocenters. The number of hydrogen-bond acceptors (Lipinski definition) is 6. The maximum atomic E-state index is 5.59. The van der Waals surface area contributed by atoms with Crippen LogP contribution in [0.25, 0.3) is 0 Å². The summed E-state index contributed by atoms with van der Waals surface area (Å²) in [4.78, 5) is 21.1. The van der Waals surface area contributed by atoms with Crippen molar-refractivity contribution in [2.24, 2.45) is 10.9 Å². The lowest BCUT2D eigenvalue weighted by molar-refractivity contribution is 0.00390. The average molecular weight is 418 g/mol. The molecule has 0 bridgehead atoms. The summed E-state index contributed by atoms with van der Waals surface area (Å²) in [5, 5.41) is 3.52. The maximum Gasteiger partial charge on any atom is 0.225 e. The van der Waals surface area contributed by atoms with Crippen molar-refractivity contribution >= 4 is 11.9 Å². The molecular weight excluding hydrogens is 378 g/mol. The number of nitrogens with zero attached hydrogens (tertiary/aromatic N) is 6. The molecule has 2 saturated heterocycles. The van der Waals surface area contributed by atoms with Gasteiger partial charge in [0.05, 0.1) is 19.8 Å². The molecule has 0 aliphatic carbocycles. The van der Waals surface area contributed by atoms with E-state index in [9.17, 15) is 0 Å². The van der Waals surface area contributed by atoms with Gasteiger partial charge in [0, 0.05) is 64.2 Å². The lowest BCUT2D eigenvalue weighted by Crippen LogP contribution is -2.53. The van der Waals surface area contributed by atoms with Gasteiger partial charge in [-0.25, -0.2) is 9.97 Å². The number of morpholine rings is 1. The molecule has 1 aromatic heterocycles. The molecule has 0 aromatic carbocycles. The maximum absolute atomic E-state index is 5.59. The van der Waals surface area contributed by atoms with E-state index in [0.717, 1.165) is 77.5 Å². The Hall–Kier alpha value is -1.93. The predicted octanol–water partition coefficient (Wildman–Crippen LogP) is 1.70. The topological polar surface area (TPSA) is 69.1 Å². The molecule has 8 nitrogen and oxygen atoms in total. The van der Waals surface area contributed by atoms with Gasteiger partial charge in [-0.2, -0.15) is 0 Å². The van der Waals surface area contributed by atoms with Gasteiger partial charge >= 0.3 is 0 Å². The van der Waals surface area contributed by atoms with E-state index in [-0.39, 0.29) is 0 Å². The van der Waals surface area contributed by atoms with Gasteiger partial charge in [0.2, 0.25) is 5.95 Å². The molecule has 8 heteroatoms. The summed E-state index contributed by atoms with van der Waals surface area (Å²) < 4.78 is 5.59. The molecule has 168 valence electrons. The van der Waals surface area contributed by atoms with Crippen molar-refractivity contribution in [3.8, 4) is 0 Å². The van der Waals surface area contributed by atoms with Crippen LogP contribution < -0.4 is 10.2 Å². The average Bonchev–Trinajstić information content (AvgIpc) is 2.82. The minimum Gasteiger partial charge on any atom is -0.379 e. The third-order valence-corrected chi connectivity index (χ3v) is 6.28. The van der Waals surface area contributed by atoms with E-state index in [1.54, 1.807) is 0 Å². The molecule has 1 atom stereocenters. The van der Waals surface area contributed by atoms with Crippen molar-refractivity contribution in [3.63, 3.8) is 0 Å². The first kappa shape index (κ1) is 22.7. The Morgan fingerprint density at radius 2 is 1.70 bits per heavy atom. The molecule has 3 heterocycles. The van der Waals surface area contributed by atoms with Crippen LogP contribution in [0.15, 0.2) is 23.5 Å². The van der Waals surface area contributed by atoms with Crippen molar-refractivity contribution < 1.29 is 4.74 Å². The monoisotopic (exact) mass is 417 g/mol. The van der Waals surface area contributed by atoms with Gasteiger partial charge in [0.25, 0.3) is 0 Å². The SMILES string of the molecule is CCNC(=NCC(C(CC)CC)N1CCOCC1)N1CCN(c2ncccn2)CC1. The van der Waals surface area contributed by atoms with Crippen LogP contribution >= 0.6 is 0 Å². The fourth-order valence-corrected chi connectivity index (χ4v) is 4.48. The van der Waals surface area contributed by atoms with Crippen LogP contribution in [-0.2, 0) is 4.74 Å². The van der Waals surface area contributed by atoms with Crippen LogP contribution in [-0.4, -0.2) is 97.3 Å². The smallest absolute Gasteiger partial charge is 0.225 e. The zero-order chi connectivity index (χ0) is 21.2. The molecular formula is C22H39N7O. The number of anilines is 1. The lowest BCUT2D eigenvalue weighted by atomic mass is 9.92. The molecule has 0 amide bonds. The number of guanidine groups is 1. The number of hydrogen-bond donors (Lipinski definition) is 1. The second-order valence-electron chi connectivity index (χ2n) is 8.01. The number of aromatic nitrogens is 2. The summed E-state index contributed by atoms with van der Waals surface area (Å²) in [5.74, 6) is 2.53. The fraction of sp³-hybridized carbons (Fsp3) is 0.773. The van der Waals surface area contributed by atoms with E-state index in [1.165, 1.54) is 12.8 Å². The van der Waals surface area contributed by atoms with E-state index >= 15 is 0 Å². The first-order chi connectivity index (χ1) is 14.8. The number of aliphatic imine (C=N–C) groups is 1. The molecule has 0 radical (unpaired) electrons. The van der Waals surface area contributed by atoms with Crippen LogP contribution in [0.5, 0.6) is 0 Å². The Balaban J connectivity index is 1.65. The van der Waals surface area contributed by atoms with E-state index in [0.29, 0.717) is 12.0 Å². The molecule has 0 saturated carbocycles. The number of rotatable bonds is 8. The number of ether oxygens (including phenoxy) is 1. The van der Waals surface area contributed by atoms with Crippen molar-refractivity contribution in [3.05, 3.63) is 18.5 Å². The predicted molar refractivity (Wildman–Crippen MR) is 122 cm³/mol. The van der Waals surface area contributed by atoms with Crippen LogP contribution in [0, 0.1) is 5.92 Å². The van der Waals surface area contributed by atoms with Gasteiger partial charge in [-0.1, -0.05) is 26.7 Å². The second-order valence-corrected chi connectivity index (χ2v) is 8.01. The molecule has 0 spiro atoms. The van der Waals surface area contributed by atoms with Gasteiger partial charge < -0.3 is 19.9 Å². The van der Waals surface area contributed by atoms with Crippen LogP contribution in [0.2, 0.25) is 0 Å². The van der Waals surface area contributed by atoms with E-state index in [1.807, 2.05) is 18.5 Å². The Labute approximate surface area is 181 Å². The Morgan fingerprint density at radius 3 is 2.30 bits per heavy atom. The Morgan fingerprint density at radius 1 is 1.03 bits per heavy atom. The van der Waals surface area contributed by atoms with Crippen molar-refractivity contribution in [2.75, 3.05) is 70.5 Å². The summed E-state index contributed by atoms with van der Waals surface area (Å²) in [6.07, 6.45) is 6.01. The highest BCUT2D eigenvalue weighted by Crippen LogP contribution is 2.21. The fourth-order valence-electron chi connectivity index (χ4n) is 4.48. The quantitative estimate of drug-likeness (QED) is 0.510. The standard InChI is InChI=1S/C22H39N7O/c1-4-19(5-2)20(27-14-16-30-17-15-27)18-26-21(23-6-3)28-10-12-29(13-11-28)22-24-8-7-9-25-22/h7-9,19-20H,4-6,10-18H2,1-3H3,(H,23,26). The summed E-state index contributed by atoms with van der Waals surface area (Å²) in [7, 11) is 0. The first-order valence-corrected chi connectivity index (χ1v) is 11.6. The number of nitrogens with one attached hydrogen (secondary N) is 1. The largest absolute Gasteiger partial charge is 0.379 e. The number of piperazine rings is 1. The van der Waals surface area contributed by atoms with Crippen molar-refractivity contribution in [1.82, 2.24) is 25.1 Å². The van der Waals surface area contributed by atoms with Crippen LogP contribution in [0.4, 0.5) is 5.95 Å². The minimum atomic E-state index is 0.483. The van der Waals surface area contributed by atoms with Crippen molar-refractivity contribution in [2.45, 2.75) is 39.7 Å². The van der Waals surface area contributed by atoms with E-state index in [2.05, 4.69) is 50.8 Å². The normalized spacial score (nSPS) is 19.9. The molecule has 30 heavy (non-hydrogen) atoms. The molecule has 2 aliphatic heterocycles. The van der Waals surface area contributed by atoms with Gasteiger partial charge in [-0.15, -0.1) is 0 Å². The zero-order valence-electron chi connectivity index (χ0n) is 19.0. The van der Waals surface area contributed by atoms with E-state index < -0.39 is 0 Å². The highest BCUT2D eigenvalue weighted by Gasteiger charge is 2.27. The van der Waals surface area contributed by atoms with Crippen LogP contribution in [0.1, 0.15) is 33.6 Å². The zero-order valence-corrected chi connectivity index (χ0v) is 19.0. The molecule has 2 fully saturated rings. The summed E-state index contributed by atoms with van der Waals surface area (Å²) in [6.45, 7) is 15.9. The van der Waals surface area contributed by atoms with Gasteiger partial charge in [0.15, 0.2) is 5.96 Å². The van der Waals surface area contributed by atoms with Gasteiger partial charge in [-0.05, 0) is 18.9 Å². The second kappa shape index (κ2) is 12.1. The highest BCUT2D eigenvalue weighted by atomic mass is 16.5. The van der Waals surface area contributed by atoms with Gasteiger partial charge in [0.1, 0.15) is 0 Å². The first-order valence-electron chi connectivity index (χ1n) is 11.6. The van der Waals surface area contributed by atoms with Gasteiger partial charge in [-0.3, -0.25) is 9.89 Å². The summed E-state index contributed by atoms with van der Waals surface area (Å²) >= 11 is 0. The molecule has 3 rings (SSSR count). The van der Waals surface area contributed by atoms with Crippen LogP contribution in [0.3, 0.4) is 0 Å². The molecule has 1 N–H and O–H groups in total. The van der Waals surface area contributed by atoms with Crippen molar-refractivity contribution in [1.29, 1.82) is 0 Å². The third kappa shape index (κ3) is 6.04.